The molecule has 0 aliphatic carbocycles. The predicted octanol–water partition coefficient (Wildman–Crippen LogP) is 1.54. The van der Waals surface area contributed by atoms with Gasteiger partial charge in [-0.05, 0) is 24.6 Å². The number of ketones is 1. The average molecular weight is 216 g/mol. The third kappa shape index (κ3) is 2.62. The maximum absolute atomic E-state index is 11.1. The summed E-state index contributed by atoms with van der Waals surface area (Å²) >= 11 is 0. The zero-order valence-corrected chi connectivity index (χ0v) is 8.03. The van der Waals surface area contributed by atoms with Crippen LogP contribution in [0.25, 0.3) is 0 Å². The van der Waals surface area contributed by atoms with Crippen molar-refractivity contribution in [2.75, 3.05) is 14.1 Å². The smallest absolute Gasteiger partial charge is 0.200 e. The van der Waals surface area contributed by atoms with E-state index in [1.165, 1.54) is 6.92 Å². The Morgan fingerprint density at radius 3 is 2.33 bits per heavy atom. The second-order valence-electron chi connectivity index (χ2n) is 3.02. The number of carbonyl (C=O) groups excluding carboxylic acids is 1. The number of phenols is 1. The highest BCUT2D eigenvalue weighted by Crippen LogP contribution is 2.37. The molecule has 4 nitrogen and oxygen atoms in total. The molecule has 0 fully saturated rings. The van der Waals surface area contributed by atoms with Crippen LogP contribution in [0.2, 0.25) is 0 Å². The largest absolute Gasteiger partial charge is 0.502 e. The standard InChI is InChI=1S/C11H14O4/c1-7(12)4-8-5-9(14-2)11(13)10(6-8)15-3/h5-6,13H,4H2,1-3H3/i2D3,3D3. The topological polar surface area (TPSA) is 55.8 Å². The van der Waals surface area contributed by atoms with Crippen molar-refractivity contribution < 1.29 is 27.6 Å². The van der Waals surface area contributed by atoms with E-state index in [9.17, 15) is 9.90 Å². The maximum Gasteiger partial charge on any atom is 0.200 e. The van der Waals surface area contributed by atoms with E-state index < -0.39 is 31.3 Å². The van der Waals surface area contributed by atoms with Crippen LogP contribution in [0.15, 0.2) is 12.1 Å². The number of rotatable bonds is 4. The van der Waals surface area contributed by atoms with Gasteiger partial charge in [0.05, 0.1) is 22.3 Å². The van der Waals surface area contributed by atoms with Crippen molar-refractivity contribution in [2.24, 2.45) is 0 Å². The van der Waals surface area contributed by atoms with E-state index >= 15 is 0 Å². The van der Waals surface area contributed by atoms with Crippen molar-refractivity contribution in [1.82, 2.24) is 0 Å². The Morgan fingerprint density at radius 2 is 1.93 bits per heavy atom. The van der Waals surface area contributed by atoms with Crippen LogP contribution in [0.5, 0.6) is 17.2 Å². The third-order valence-corrected chi connectivity index (χ3v) is 1.77. The molecule has 82 valence electrons. The van der Waals surface area contributed by atoms with Gasteiger partial charge in [-0.3, -0.25) is 4.79 Å². The van der Waals surface area contributed by atoms with Crippen molar-refractivity contribution in [3.8, 4) is 17.2 Å². The van der Waals surface area contributed by atoms with Gasteiger partial charge in [0.1, 0.15) is 5.78 Å². The molecule has 1 rings (SSSR count). The van der Waals surface area contributed by atoms with Gasteiger partial charge in [-0.15, -0.1) is 0 Å². The number of phenolic OH excluding ortho intramolecular Hbond substituents is 1. The van der Waals surface area contributed by atoms with Crippen molar-refractivity contribution in [1.29, 1.82) is 0 Å². The second kappa shape index (κ2) is 4.68. The van der Waals surface area contributed by atoms with Crippen molar-refractivity contribution in [2.45, 2.75) is 13.3 Å². The summed E-state index contributed by atoms with van der Waals surface area (Å²) in [5.41, 5.74) is 0.263. The fourth-order valence-corrected chi connectivity index (χ4v) is 1.18. The summed E-state index contributed by atoms with van der Waals surface area (Å²) in [6.45, 7) is 1.31. The number of aromatic hydroxyl groups is 1. The molecule has 0 atom stereocenters. The van der Waals surface area contributed by atoms with Gasteiger partial charge in [-0.2, -0.15) is 0 Å². The molecule has 0 aliphatic rings. The maximum atomic E-state index is 11.1. The number of methoxy groups -OCH3 is 2. The van der Waals surface area contributed by atoms with Gasteiger partial charge in [0.15, 0.2) is 11.5 Å². The average Bonchev–Trinajstić information content (AvgIpc) is 2.19. The molecule has 1 N–H and O–H groups in total. The van der Waals surface area contributed by atoms with E-state index in [0.717, 1.165) is 12.1 Å². The fourth-order valence-electron chi connectivity index (χ4n) is 1.18. The molecule has 0 saturated carbocycles. The summed E-state index contributed by atoms with van der Waals surface area (Å²) in [5.74, 6) is -1.95. The van der Waals surface area contributed by atoms with Crippen molar-refractivity contribution >= 4 is 5.78 Å². The minimum absolute atomic E-state index is 0.0883. The second-order valence-corrected chi connectivity index (χ2v) is 3.02. The number of hydrogen-bond donors (Lipinski definition) is 1. The zero-order chi connectivity index (χ0) is 16.4. The molecule has 1 aromatic rings. The van der Waals surface area contributed by atoms with E-state index in [1.54, 1.807) is 0 Å². The summed E-state index contributed by atoms with van der Waals surface area (Å²) in [7, 11) is -5.69. The van der Waals surface area contributed by atoms with Crippen molar-refractivity contribution in [3.63, 3.8) is 0 Å². The molecular weight excluding hydrogens is 196 g/mol. The predicted molar refractivity (Wildman–Crippen MR) is 55.6 cm³/mol. The van der Waals surface area contributed by atoms with Crippen LogP contribution in [0.3, 0.4) is 0 Å². The first-order valence-electron chi connectivity index (χ1n) is 7.11. The molecule has 15 heavy (non-hydrogen) atoms. The van der Waals surface area contributed by atoms with Gasteiger partial charge in [-0.1, -0.05) is 0 Å². The third-order valence-electron chi connectivity index (χ3n) is 1.77. The van der Waals surface area contributed by atoms with Gasteiger partial charge in [-0.25, -0.2) is 0 Å². The lowest BCUT2D eigenvalue weighted by molar-refractivity contribution is -0.116. The molecule has 1 aromatic carbocycles. The van der Waals surface area contributed by atoms with E-state index in [-0.39, 0.29) is 17.8 Å². The van der Waals surface area contributed by atoms with Crippen LogP contribution in [-0.4, -0.2) is 25.0 Å². The first-order valence-corrected chi connectivity index (χ1v) is 4.11. The number of benzene rings is 1. The molecule has 0 aliphatic heterocycles. The van der Waals surface area contributed by atoms with Gasteiger partial charge in [0.25, 0.3) is 0 Å². The molecule has 0 aromatic heterocycles. The minimum Gasteiger partial charge on any atom is -0.502 e. The van der Waals surface area contributed by atoms with E-state index in [1.807, 2.05) is 0 Å². The van der Waals surface area contributed by atoms with Gasteiger partial charge < -0.3 is 14.6 Å². The fraction of sp³-hybridized carbons (Fsp3) is 0.364. The van der Waals surface area contributed by atoms with E-state index in [0.29, 0.717) is 0 Å². The summed E-state index contributed by atoms with van der Waals surface area (Å²) in [5, 5.41) is 9.84. The van der Waals surface area contributed by atoms with Crippen LogP contribution in [0, 0.1) is 0 Å². The summed E-state index contributed by atoms with van der Waals surface area (Å²) in [4.78, 5) is 11.1. The van der Waals surface area contributed by atoms with Crippen LogP contribution in [0.1, 0.15) is 20.7 Å². The Kier molecular flexibility index (Phi) is 1.68. The molecule has 0 heterocycles. The summed E-state index contributed by atoms with van der Waals surface area (Å²) < 4.78 is 51.2. The van der Waals surface area contributed by atoms with Crippen LogP contribution < -0.4 is 9.47 Å². The number of ether oxygens (including phenoxy) is 2. The monoisotopic (exact) mass is 216 g/mol. The molecule has 0 amide bonds. The SMILES string of the molecule is [2H]C([2H])([2H])Oc1cc(CC(C)=O)cc(OC([2H])([2H])[2H])c1O. The first-order chi connectivity index (χ1) is 9.37. The Balaban J connectivity index is 3.28. The Morgan fingerprint density at radius 1 is 1.40 bits per heavy atom. The molecular formula is C11H14O4. The molecule has 0 bridgehead atoms. The highest BCUT2D eigenvalue weighted by Gasteiger charge is 2.11. The zero-order valence-electron chi connectivity index (χ0n) is 14.0. The Hall–Kier alpha value is -1.71. The number of hydrogen-bond acceptors (Lipinski definition) is 4. The lowest BCUT2D eigenvalue weighted by Gasteiger charge is -2.10. The lowest BCUT2D eigenvalue weighted by atomic mass is 10.1. The summed E-state index contributed by atoms with van der Waals surface area (Å²) in [6, 6.07) is 2.30. The molecule has 4 heteroatoms. The van der Waals surface area contributed by atoms with Crippen molar-refractivity contribution in [3.05, 3.63) is 17.7 Å². The van der Waals surface area contributed by atoms with Crippen LogP contribution in [0.4, 0.5) is 0 Å². The Labute approximate surface area is 96.9 Å². The molecule has 0 radical (unpaired) electrons. The van der Waals surface area contributed by atoms with Gasteiger partial charge >= 0.3 is 0 Å². The summed E-state index contributed by atoms with van der Waals surface area (Å²) in [6.07, 6.45) is -0.0883. The van der Waals surface area contributed by atoms with E-state index in [2.05, 4.69) is 9.47 Å². The molecule has 0 saturated heterocycles. The quantitative estimate of drug-likeness (QED) is 0.829. The van der Waals surface area contributed by atoms with Crippen LogP contribution >= 0.6 is 0 Å². The molecule has 0 spiro atoms. The Bertz CT molecular complexity index is 497. The minimum atomic E-state index is -2.84. The highest BCUT2D eigenvalue weighted by atomic mass is 16.5. The number of carbonyl (C=O) groups is 1. The van der Waals surface area contributed by atoms with Gasteiger partial charge in [0, 0.05) is 6.42 Å². The lowest BCUT2D eigenvalue weighted by Crippen LogP contribution is -1.98. The van der Waals surface area contributed by atoms with Gasteiger partial charge in [0.2, 0.25) is 5.75 Å². The van der Waals surface area contributed by atoms with Crippen LogP contribution in [-0.2, 0) is 11.2 Å². The first kappa shape index (κ1) is 5.39. The number of Topliss-reactive ketones (excluding diaryl/α,β-unsaturated/α-hetero) is 1. The highest BCUT2D eigenvalue weighted by molar-refractivity contribution is 5.78. The van der Waals surface area contributed by atoms with E-state index in [4.69, 9.17) is 8.22 Å². The normalized spacial score (nSPS) is 17.4. The molecule has 0 unspecified atom stereocenters.